The van der Waals surface area contributed by atoms with Gasteiger partial charge in [-0.25, -0.2) is 4.98 Å². The van der Waals surface area contributed by atoms with Crippen LogP contribution in [0.4, 0.5) is 0 Å². The van der Waals surface area contributed by atoms with E-state index in [-0.39, 0.29) is 0 Å². The fourth-order valence-corrected chi connectivity index (χ4v) is 5.06. The molecule has 3 aromatic heterocycles. The highest BCUT2D eigenvalue weighted by atomic mass is 15.0. The molecule has 7 rings (SSSR count). The lowest BCUT2D eigenvalue weighted by atomic mass is 10.0. The van der Waals surface area contributed by atoms with Crippen LogP contribution in [0.1, 0.15) is 0 Å². The molecule has 0 aliphatic rings. The van der Waals surface area contributed by atoms with Crippen LogP contribution in [-0.2, 0) is 0 Å². The van der Waals surface area contributed by atoms with Gasteiger partial charge in [0.15, 0.2) is 0 Å². The van der Waals surface area contributed by atoms with Crippen LogP contribution in [0.2, 0.25) is 0 Å². The van der Waals surface area contributed by atoms with Crippen LogP contribution in [0, 0.1) is 0 Å². The van der Waals surface area contributed by atoms with Gasteiger partial charge in [0.2, 0.25) is 0 Å². The molecule has 160 valence electrons. The number of rotatable bonds is 3. The Morgan fingerprint density at radius 1 is 0.529 bits per heavy atom. The smallest absolute Gasteiger partial charge is 0.137 e. The lowest BCUT2D eigenvalue weighted by Crippen LogP contribution is -1.95. The molecule has 7 aromatic rings. The van der Waals surface area contributed by atoms with Crippen molar-refractivity contribution in [3.63, 3.8) is 0 Å². The minimum atomic E-state index is 0.943. The second kappa shape index (κ2) is 7.46. The van der Waals surface area contributed by atoms with Crippen LogP contribution >= 0.6 is 0 Å². The van der Waals surface area contributed by atoms with Crippen molar-refractivity contribution in [2.24, 2.45) is 0 Å². The van der Waals surface area contributed by atoms with Crippen LogP contribution < -0.4 is 0 Å². The summed E-state index contributed by atoms with van der Waals surface area (Å²) in [6.45, 7) is 0. The van der Waals surface area contributed by atoms with E-state index >= 15 is 0 Å². The largest absolute Gasteiger partial charge is 0.309 e. The predicted octanol–water partition coefficient (Wildman–Crippen LogP) is 7.77. The Morgan fingerprint density at radius 2 is 1.18 bits per heavy atom. The Morgan fingerprint density at radius 3 is 1.94 bits per heavy atom. The summed E-state index contributed by atoms with van der Waals surface area (Å²) in [5, 5.41) is 2.53. The first-order valence-electron chi connectivity index (χ1n) is 11.5. The van der Waals surface area contributed by atoms with E-state index in [2.05, 4.69) is 130 Å². The first-order valence-corrected chi connectivity index (χ1v) is 11.5. The molecular formula is C31H21N3. The molecular weight excluding hydrogens is 414 g/mol. The van der Waals surface area contributed by atoms with Gasteiger partial charge in [-0.05, 0) is 36.4 Å². The molecule has 3 heterocycles. The number of aromatic nitrogens is 3. The summed E-state index contributed by atoms with van der Waals surface area (Å²) >= 11 is 0. The predicted molar refractivity (Wildman–Crippen MR) is 140 cm³/mol. The third-order valence-electron chi connectivity index (χ3n) is 6.54. The van der Waals surface area contributed by atoms with E-state index in [9.17, 15) is 0 Å². The van der Waals surface area contributed by atoms with Gasteiger partial charge in [-0.1, -0.05) is 84.9 Å². The third-order valence-corrected chi connectivity index (χ3v) is 6.54. The van der Waals surface area contributed by atoms with Gasteiger partial charge in [0.05, 0.1) is 22.4 Å². The summed E-state index contributed by atoms with van der Waals surface area (Å²) in [5.41, 5.74) is 8.83. The van der Waals surface area contributed by atoms with Gasteiger partial charge in [0, 0.05) is 33.8 Å². The number of fused-ring (bicyclic) bond motifs is 4. The lowest BCUT2D eigenvalue weighted by molar-refractivity contribution is 1.18. The normalized spacial score (nSPS) is 11.5. The first-order chi connectivity index (χ1) is 16.9. The van der Waals surface area contributed by atoms with Crippen LogP contribution in [0.3, 0.4) is 0 Å². The average Bonchev–Trinajstić information content (AvgIpc) is 3.46. The molecule has 0 bridgehead atoms. The maximum Gasteiger partial charge on any atom is 0.137 e. The molecule has 0 unspecified atom stereocenters. The van der Waals surface area contributed by atoms with E-state index < -0.39 is 0 Å². The van der Waals surface area contributed by atoms with Gasteiger partial charge in [0.25, 0.3) is 0 Å². The summed E-state index contributed by atoms with van der Waals surface area (Å²) < 4.78 is 4.53. The molecule has 0 fully saturated rings. The molecule has 3 nitrogen and oxygen atoms in total. The number of para-hydroxylation sites is 2. The maximum atomic E-state index is 5.06. The third kappa shape index (κ3) is 2.81. The van der Waals surface area contributed by atoms with E-state index in [0.29, 0.717) is 0 Å². The van der Waals surface area contributed by atoms with Crippen molar-refractivity contribution in [3.05, 3.63) is 128 Å². The van der Waals surface area contributed by atoms with E-state index in [1.54, 1.807) is 0 Å². The summed E-state index contributed by atoms with van der Waals surface area (Å²) in [5.74, 6) is 0. The van der Waals surface area contributed by atoms with Gasteiger partial charge in [0.1, 0.15) is 5.65 Å². The zero-order valence-electron chi connectivity index (χ0n) is 18.5. The van der Waals surface area contributed by atoms with Crippen molar-refractivity contribution in [1.29, 1.82) is 0 Å². The van der Waals surface area contributed by atoms with Gasteiger partial charge in [-0.3, -0.25) is 4.40 Å². The number of pyridine rings is 1. The minimum Gasteiger partial charge on any atom is -0.309 e. The molecule has 4 aromatic carbocycles. The van der Waals surface area contributed by atoms with Crippen molar-refractivity contribution in [2.75, 3.05) is 0 Å². The van der Waals surface area contributed by atoms with Crippen molar-refractivity contribution >= 4 is 27.5 Å². The Labute approximate surface area is 197 Å². The molecule has 0 aliphatic carbocycles. The highest BCUT2D eigenvalue weighted by Gasteiger charge is 2.17. The number of nitrogens with zero attached hydrogens (tertiary/aromatic N) is 3. The molecule has 3 heteroatoms. The standard InChI is InChI=1S/C31H21N3/c1-2-11-22(12-3-1)31-30(32-29-19-8-9-20-33(29)31)23-13-10-14-24(21-23)34-27-17-6-4-15-25(27)26-16-5-7-18-28(26)34/h1-21H. The highest BCUT2D eigenvalue weighted by molar-refractivity contribution is 6.09. The molecule has 0 amide bonds. The fourth-order valence-electron chi connectivity index (χ4n) is 5.06. The second-order valence-electron chi connectivity index (χ2n) is 8.52. The van der Waals surface area contributed by atoms with Gasteiger partial charge < -0.3 is 4.57 Å². The quantitative estimate of drug-likeness (QED) is 0.278. The summed E-state index contributed by atoms with van der Waals surface area (Å²) in [6.07, 6.45) is 2.09. The highest BCUT2D eigenvalue weighted by Crippen LogP contribution is 2.36. The topological polar surface area (TPSA) is 22.2 Å². The summed E-state index contributed by atoms with van der Waals surface area (Å²) in [7, 11) is 0. The number of hydrogen-bond donors (Lipinski definition) is 0. The molecule has 0 saturated carbocycles. The molecule has 0 spiro atoms. The summed E-state index contributed by atoms with van der Waals surface area (Å²) in [4.78, 5) is 5.06. The monoisotopic (exact) mass is 435 g/mol. The van der Waals surface area contributed by atoms with E-state index in [4.69, 9.17) is 4.98 Å². The number of benzene rings is 4. The van der Waals surface area contributed by atoms with Crippen molar-refractivity contribution < 1.29 is 0 Å². The van der Waals surface area contributed by atoms with E-state index in [1.807, 2.05) is 6.07 Å². The zero-order chi connectivity index (χ0) is 22.5. The lowest BCUT2D eigenvalue weighted by Gasteiger charge is -2.11. The average molecular weight is 436 g/mol. The van der Waals surface area contributed by atoms with Gasteiger partial charge in [-0.2, -0.15) is 0 Å². The Hall–Kier alpha value is -4.63. The van der Waals surface area contributed by atoms with E-state index in [1.165, 1.54) is 21.8 Å². The van der Waals surface area contributed by atoms with Crippen molar-refractivity contribution in [3.8, 4) is 28.2 Å². The fraction of sp³-hybridized carbons (Fsp3) is 0. The van der Waals surface area contributed by atoms with Gasteiger partial charge in [-0.15, -0.1) is 0 Å². The summed E-state index contributed by atoms with van der Waals surface area (Å²) in [6, 6.07) is 42.6. The Balaban J connectivity index is 1.50. The molecule has 0 radical (unpaired) electrons. The maximum absolute atomic E-state index is 5.06. The Bertz CT molecular complexity index is 1750. The Kier molecular flexibility index (Phi) is 4.15. The van der Waals surface area contributed by atoms with Crippen LogP contribution in [-0.4, -0.2) is 14.0 Å². The van der Waals surface area contributed by atoms with Gasteiger partial charge >= 0.3 is 0 Å². The number of hydrogen-bond acceptors (Lipinski definition) is 1. The van der Waals surface area contributed by atoms with Crippen LogP contribution in [0.25, 0.3) is 55.7 Å². The second-order valence-corrected chi connectivity index (χ2v) is 8.52. The molecule has 0 atom stereocenters. The van der Waals surface area contributed by atoms with Crippen molar-refractivity contribution in [1.82, 2.24) is 14.0 Å². The molecule has 0 N–H and O–H groups in total. The zero-order valence-corrected chi connectivity index (χ0v) is 18.5. The minimum absolute atomic E-state index is 0.943. The van der Waals surface area contributed by atoms with Crippen molar-refractivity contribution in [2.45, 2.75) is 0 Å². The van der Waals surface area contributed by atoms with E-state index in [0.717, 1.165) is 33.8 Å². The molecule has 34 heavy (non-hydrogen) atoms. The van der Waals surface area contributed by atoms with Crippen LogP contribution in [0.5, 0.6) is 0 Å². The SMILES string of the molecule is c1ccc(-c2c(-c3cccc(-n4c5ccccc5c5ccccc54)c3)nc3ccccn23)cc1. The first kappa shape index (κ1) is 18.9. The molecule has 0 saturated heterocycles. The number of imidazole rings is 1. The van der Waals surface area contributed by atoms with Crippen LogP contribution in [0.15, 0.2) is 128 Å². The molecule has 0 aliphatic heterocycles.